The molecule has 2 heterocycles. The number of para-hydroxylation sites is 1. The number of piperazine rings is 1. The molecule has 35 heavy (non-hydrogen) atoms. The predicted molar refractivity (Wildman–Crippen MR) is 137 cm³/mol. The number of hydrogen-bond acceptors (Lipinski definition) is 4. The molecule has 0 atom stereocenters. The summed E-state index contributed by atoms with van der Waals surface area (Å²) in [5.41, 5.74) is 1.87. The van der Waals surface area contributed by atoms with Crippen molar-refractivity contribution in [3.05, 3.63) is 60.4 Å². The number of nitrogens with zero attached hydrogens (tertiary/aromatic N) is 3. The molecule has 188 valence electrons. The number of anilines is 2. The Bertz CT molecular complexity index is 940. The molecule has 7 nitrogen and oxygen atoms in total. The average Bonchev–Trinajstić information content (AvgIpc) is 2.88. The van der Waals surface area contributed by atoms with Crippen LogP contribution in [0.1, 0.15) is 25.7 Å². The molecule has 0 aromatic heterocycles. The first-order chi connectivity index (χ1) is 17.1. The SMILES string of the molecule is O=C(CC1CCN(C(=O)Nc2ccccc2)CC1)NCCCN1CCN(c2ccc(F)cc2)CC1. The molecule has 4 rings (SSSR count). The van der Waals surface area contributed by atoms with Gasteiger partial charge in [0.15, 0.2) is 0 Å². The Morgan fingerprint density at radius 3 is 2.26 bits per heavy atom. The average molecular weight is 482 g/mol. The van der Waals surface area contributed by atoms with E-state index < -0.39 is 0 Å². The van der Waals surface area contributed by atoms with E-state index in [1.807, 2.05) is 47.4 Å². The van der Waals surface area contributed by atoms with Crippen LogP contribution in [-0.4, -0.2) is 74.1 Å². The van der Waals surface area contributed by atoms with Crippen LogP contribution in [0.3, 0.4) is 0 Å². The van der Waals surface area contributed by atoms with E-state index in [0.717, 1.165) is 63.4 Å². The molecule has 2 aliphatic heterocycles. The van der Waals surface area contributed by atoms with Gasteiger partial charge in [-0.15, -0.1) is 0 Å². The van der Waals surface area contributed by atoms with Crippen LogP contribution >= 0.6 is 0 Å². The van der Waals surface area contributed by atoms with Crippen molar-refractivity contribution in [1.29, 1.82) is 0 Å². The summed E-state index contributed by atoms with van der Waals surface area (Å²) in [6.45, 7) is 6.83. The number of rotatable bonds is 8. The van der Waals surface area contributed by atoms with Crippen molar-refractivity contribution in [2.45, 2.75) is 25.7 Å². The van der Waals surface area contributed by atoms with Crippen LogP contribution in [0.2, 0.25) is 0 Å². The lowest BCUT2D eigenvalue weighted by Crippen LogP contribution is -2.47. The molecule has 2 aromatic carbocycles. The van der Waals surface area contributed by atoms with Gasteiger partial charge in [0.25, 0.3) is 0 Å². The van der Waals surface area contributed by atoms with Crippen molar-refractivity contribution < 1.29 is 14.0 Å². The molecule has 3 amide bonds. The third kappa shape index (κ3) is 7.68. The van der Waals surface area contributed by atoms with Crippen molar-refractivity contribution in [3.63, 3.8) is 0 Å². The Balaban J connectivity index is 1.05. The highest BCUT2D eigenvalue weighted by Gasteiger charge is 2.24. The Hall–Kier alpha value is -3.13. The lowest BCUT2D eigenvalue weighted by atomic mass is 9.93. The number of carbonyl (C=O) groups excluding carboxylic acids is 2. The van der Waals surface area contributed by atoms with Crippen LogP contribution in [0.15, 0.2) is 54.6 Å². The number of piperidine rings is 1. The Morgan fingerprint density at radius 1 is 0.886 bits per heavy atom. The summed E-state index contributed by atoms with van der Waals surface area (Å²) in [6, 6.07) is 16.1. The van der Waals surface area contributed by atoms with Gasteiger partial charge < -0.3 is 20.4 Å². The first-order valence-electron chi connectivity index (χ1n) is 12.7. The third-order valence-corrected chi connectivity index (χ3v) is 6.94. The van der Waals surface area contributed by atoms with Gasteiger partial charge in [0, 0.05) is 63.6 Å². The van der Waals surface area contributed by atoms with E-state index in [-0.39, 0.29) is 17.8 Å². The van der Waals surface area contributed by atoms with Crippen molar-refractivity contribution in [2.24, 2.45) is 5.92 Å². The quantitative estimate of drug-likeness (QED) is 0.563. The minimum Gasteiger partial charge on any atom is -0.369 e. The summed E-state index contributed by atoms with van der Waals surface area (Å²) in [4.78, 5) is 31.3. The van der Waals surface area contributed by atoms with Gasteiger partial charge in [-0.3, -0.25) is 9.69 Å². The fourth-order valence-electron chi connectivity index (χ4n) is 4.81. The van der Waals surface area contributed by atoms with Gasteiger partial charge in [0.05, 0.1) is 0 Å². The molecule has 0 spiro atoms. The molecule has 2 N–H and O–H groups in total. The van der Waals surface area contributed by atoms with Gasteiger partial charge in [-0.25, -0.2) is 9.18 Å². The second-order valence-electron chi connectivity index (χ2n) is 9.44. The standard InChI is InChI=1S/C27H36FN5O2/c28-23-7-9-25(10-8-23)32-19-17-31(18-20-32)14-4-13-29-26(34)21-22-11-15-33(16-12-22)27(35)30-24-5-2-1-3-6-24/h1-3,5-10,22H,4,11-21H2,(H,29,34)(H,30,35). The molecule has 0 radical (unpaired) electrons. The highest BCUT2D eigenvalue weighted by Crippen LogP contribution is 2.21. The predicted octanol–water partition coefficient (Wildman–Crippen LogP) is 3.79. The van der Waals surface area contributed by atoms with Crippen molar-refractivity contribution in [2.75, 3.05) is 62.6 Å². The zero-order chi connectivity index (χ0) is 24.5. The van der Waals surface area contributed by atoms with E-state index in [4.69, 9.17) is 0 Å². The summed E-state index contributed by atoms with van der Waals surface area (Å²) in [7, 11) is 0. The molecule has 0 bridgehead atoms. The normalized spacial score (nSPS) is 17.3. The maximum absolute atomic E-state index is 13.1. The van der Waals surface area contributed by atoms with E-state index in [1.54, 1.807) is 0 Å². The topological polar surface area (TPSA) is 67.9 Å². The number of halogens is 1. The first kappa shape index (κ1) is 25.0. The molecule has 0 aliphatic carbocycles. The monoisotopic (exact) mass is 481 g/mol. The maximum atomic E-state index is 13.1. The van der Waals surface area contributed by atoms with Crippen LogP contribution < -0.4 is 15.5 Å². The molecule has 2 saturated heterocycles. The van der Waals surface area contributed by atoms with Gasteiger partial charge in [0.2, 0.25) is 5.91 Å². The summed E-state index contributed by atoms with van der Waals surface area (Å²) in [5.74, 6) is 0.236. The molecule has 2 fully saturated rings. The minimum atomic E-state index is -0.203. The van der Waals surface area contributed by atoms with E-state index in [1.165, 1.54) is 12.1 Å². The third-order valence-electron chi connectivity index (χ3n) is 6.94. The maximum Gasteiger partial charge on any atom is 0.321 e. The number of carbonyl (C=O) groups is 2. The fraction of sp³-hybridized carbons (Fsp3) is 0.481. The van der Waals surface area contributed by atoms with Crippen molar-refractivity contribution in [3.8, 4) is 0 Å². The second-order valence-corrected chi connectivity index (χ2v) is 9.44. The van der Waals surface area contributed by atoms with Crippen molar-refractivity contribution in [1.82, 2.24) is 15.1 Å². The molecule has 8 heteroatoms. The van der Waals surface area contributed by atoms with Gasteiger partial charge in [-0.05, 0) is 68.1 Å². The van der Waals surface area contributed by atoms with Gasteiger partial charge >= 0.3 is 6.03 Å². The van der Waals surface area contributed by atoms with Crippen LogP contribution in [0.4, 0.5) is 20.6 Å². The van der Waals surface area contributed by atoms with Gasteiger partial charge in [-0.2, -0.15) is 0 Å². The molecule has 0 saturated carbocycles. The zero-order valence-corrected chi connectivity index (χ0v) is 20.3. The van der Waals surface area contributed by atoms with E-state index in [0.29, 0.717) is 32.0 Å². The number of urea groups is 1. The fourth-order valence-corrected chi connectivity index (χ4v) is 4.81. The zero-order valence-electron chi connectivity index (χ0n) is 20.3. The van der Waals surface area contributed by atoms with Crippen LogP contribution in [-0.2, 0) is 4.79 Å². The van der Waals surface area contributed by atoms with Crippen LogP contribution in [0, 0.1) is 11.7 Å². The Morgan fingerprint density at radius 2 is 1.57 bits per heavy atom. The lowest BCUT2D eigenvalue weighted by Gasteiger charge is -2.36. The smallest absolute Gasteiger partial charge is 0.321 e. The van der Waals surface area contributed by atoms with E-state index >= 15 is 0 Å². The second kappa shape index (κ2) is 12.5. The highest BCUT2D eigenvalue weighted by atomic mass is 19.1. The largest absolute Gasteiger partial charge is 0.369 e. The van der Waals surface area contributed by atoms with Gasteiger partial charge in [0.1, 0.15) is 5.82 Å². The number of benzene rings is 2. The summed E-state index contributed by atoms with van der Waals surface area (Å²) in [6.07, 6.45) is 3.17. The Kier molecular flexibility index (Phi) is 8.95. The molecular formula is C27H36FN5O2. The lowest BCUT2D eigenvalue weighted by molar-refractivity contribution is -0.122. The summed E-state index contributed by atoms with van der Waals surface area (Å²) < 4.78 is 13.1. The summed E-state index contributed by atoms with van der Waals surface area (Å²) >= 11 is 0. The molecule has 2 aromatic rings. The number of hydrogen-bond donors (Lipinski definition) is 2. The van der Waals surface area contributed by atoms with E-state index in [9.17, 15) is 14.0 Å². The van der Waals surface area contributed by atoms with Crippen molar-refractivity contribution >= 4 is 23.3 Å². The molecular weight excluding hydrogens is 445 g/mol. The van der Waals surface area contributed by atoms with Crippen LogP contribution in [0.25, 0.3) is 0 Å². The van der Waals surface area contributed by atoms with Gasteiger partial charge in [-0.1, -0.05) is 18.2 Å². The number of amides is 3. The molecule has 2 aliphatic rings. The minimum absolute atomic E-state index is 0.0717. The van der Waals surface area contributed by atoms with E-state index in [2.05, 4.69) is 20.4 Å². The van der Waals surface area contributed by atoms with Crippen LogP contribution in [0.5, 0.6) is 0 Å². The summed E-state index contributed by atoms with van der Waals surface area (Å²) in [5, 5.41) is 6.00. The Labute approximate surface area is 207 Å². The number of nitrogens with one attached hydrogen (secondary N) is 2. The highest BCUT2D eigenvalue weighted by molar-refractivity contribution is 5.89. The molecule has 0 unspecified atom stereocenters. The number of likely N-dealkylation sites (tertiary alicyclic amines) is 1. The first-order valence-corrected chi connectivity index (χ1v) is 12.7.